The SMILES string of the molecule is N#CC1(C(=O)N2CCC(C(F)(F)F)(C(F)(F)F)C2)CCCCC1. The average Bonchev–Trinajstić information content (AvgIpc) is 2.93. The highest BCUT2D eigenvalue weighted by Gasteiger charge is 2.73. The van der Waals surface area contributed by atoms with Gasteiger partial charge in [0.25, 0.3) is 0 Å². The zero-order valence-electron chi connectivity index (χ0n) is 12.2. The first kappa shape index (κ1) is 17.9. The fourth-order valence-corrected chi connectivity index (χ4v) is 3.44. The maximum atomic E-state index is 13.0. The van der Waals surface area contributed by atoms with Crippen molar-refractivity contribution in [3.8, 4) is 6.07 Å². The van der Waals surface area contributed by atoms with Gasteiger partial charge in [-0.2, -0.15) is 31.6 Å². The van der Waals surface area contributed by atoms with Gasteiger partial charge in [-0.25, -0.2) is 0 Å². The normalized spacial score (nSPS) is 24.3. The zero-order chi connectivity index (χ0) is 17.5. The molecule has 0 N–H and O–H groups in total. The summed E-state index contributed by atoms with van der Waals surface area (Å²) < 4.78 is 78.3. The van der Waals surface area contributed by atoms with Crippen LogP contribution in [0.2, 0.25) is 0 Å². The minimum Gasteiger partial charge on any atom is -0.340 e. The van der Waals surface area contributed by atoms with Crippen LogP contribution in [0.25, 0.3) is 0 Å². The maximum Gasteiger partial charge on any atom is 0.404 e. The van der Waals surface area contributed by atoms with Gasteiger partial charge in [-0.1, -0.05) is 19.3 Å². The molecule has 0 radical (unpaired) electrons. The van der Waals surface area contributed by atoms with E-state index in [0.29, 0.717) is 17.7 Å². The van der Waals surface area contributed by atoms with Gasteiger partial charge in [0.1, 0.15) is 5.41 Å². The van der Waals surface area contributed by atoms with E-state index in [1.807, 2.05) is 6.07 Å². The van der Waals surface area contributed by atoms with E-state index in [1.54, 1.807) is 0 Å². The maximum absolute atomic E-state index is 13.0. The van der Waals surface area contributed by atoms with Crippen molar-refractivity contribution in [3.63, 3.8) is 0 Å². The first-order valence-corrected chi connectivity index (χ1v) is 7.33. The Balaban J connectivity index is 2.27. The summed E-state index contributed by atoms with van der Waals surface area (Å²) >= 11 is 0. The summed E-state index contributed by atoms with van der Waals surface area (Å²) in [5, 5.41) is 9.28. The summed E-state index contributed by atoms with van der Waals surface area (Å²) in [5.74, 6) is -0.893. The Bertz CT molecular complexity index is 499. The molecule has 23 heavy (non-hydrogen) atoms. The van der Waals surface area contributed by atoms with Gasteiger partial charge in [-0.05, 0) is 19.3 Å². The molecule has 1 amide bonds. The highest BCUT2D eigenvalue weighted by molar-refractivity contribution is 5.86. The van der Waals surface area contributed by atoms with Crippen molar-refractivity contribution in [2.75, 3.05) is 13.1 Å². The summed E-state index contributed by atoms with van der Waals surface area (Å²) in [7, 11) is 0. The number of alkyl halides is 6. The van der Waals surface area contributed by atoms with Crippen LogP contribution in [-0.4, -0.2) is 36.2 Å². The predicted molar refractivity (Wildman–Crippen MR) is 66.9 cm³/mol. The van der Waals surface area contributed by atoms with Crippen LogP contribution in [0.4, 0.5) is 26.3 Å². The first-order chi connectivity index (χ1) is 10.5. The molecule has 1 heterocycles. The van der Waals surface area contributed by atoms with Crippen LogP contribution in [0, 0.1) is 22.2 Å². The first-order valence-electron chi connectivity index (χ1n) is 7.33. The van der Waals surface area contributed by atoms with Gasteiger partial charge in [0.2, 0.25) is 5.91 Å². The Kier molecular flexibility index (Phi) is 4.33. The molecule has 2 rings (SSSR count). The Morgan fingerprint density at radius 3 is 1.87 bits per heavy atom. The quantitative estimate of drug-likeness (QED) is 0.680. The Morgan fingerprint density at radius 2 is 1.48 bits per heavy atom. The van der Waals surface area contributed by atoms with Crippen molar-refractivity contribution in [1.29, 1.82) is 5.26 Å². The molecule has 3 nitrogen and oxygen atoms in total. The molecule has 0 bridgehead atoms. The van der Waals surface area contributed by atoms with Crippen LogP contribution in [0.1, 0.15) is 38.5 Å². The lowest BCUT2D eigenvalue weighted by molar-refractivity contribution is -0.335. The van der Waals surface area contributed by atoms with E-state index < -0.39 is 48.6 Å². The number of hydrogen-bond donors (Lipinski definition) is 0. The van der Waals surface area contributed by atoms with Gasteiger partial charge >= 0.3 is 12.4 Å². The number of likely N-dealkylation sites (tertiary alicyclic amines) is 1. The molecule has 0 unspecified atom stereocenters. The number of nitriles is 1. The molecule has 1 saturated carbocycles. The molecule has 0 aromatic heterocycles. The summed E-state index contributed by atoms with van der Waals surface area (Å²) in [6.07, 6.45) is -9.90. The molecule has 0 aromatic carbocycles. The topological polar surface area (TPSA) is 44.1 Å². The van der Waals surface area contributed by atoms with Crippen molar-refractivity contribution < 1.29 is 31.1 Å². The monoisotopic (exact) mass is 342 g/mol. The summed E-state index contributed by atoms with van der Waals surface area (Å²) in [5.41, 5.74) is -5.38. The van der Waals surface area contributed by atoms with E-state index >= 15 is 0 Å². The number of rotatable bonds is 1. The van der Waals surface area contributed by atoms with Crippen molar-refractivity contribution >= 4 is 5.91 Å². The number of halogens is 6. The second-order valence-corrected chi connectivity index (χ2v) is 6.31. The van der Waals surface area contributed by atoms with Crippen LogP contribution in [-0.2, 0) is 4.79 Å². The van der Waals surface area contributed by atoms with E-state index in [1.165, 1.54) is 0 Å². The summed E-state index contributed by atoms with van der Waals surface area (Å²) in [6, 6.07) is 1.85. The van der Waals surface area contributed by atoms with Crippen molar-refractivity contribution in [1.82, 2.24) is 4.90 Å². The minimum atomic E-state index is -5.49. The van der Waals surface area contributed by atoms with Gasteiger partial charge in [-0.3, -0.25) is 4.79 Å². The second kappa shape index (κ2) is 5.56. The lowest BCUT2D eigenvalue weighted by Crippen LogP contribution is -2.53. The van der Waals surface area contributed by atoms with E-state index in [4.69, 9.17) is 0 Å². The Hall–Kier alpha value is -1.46. The predicted octanol–water partition coefficient (Wildman–Crippen LogP) is 3.80. The molecule has 130 valence electrons. The summed E-state index contributed by atoms with van der Waals surface area (Å²) in [6.45, 7) is -2.09. The van der Waals surface area contributed by atoms with E-state index in [0.717, 1.165) is 6.42 Å². The van der Waals surface area contributed by atoms with Crippen LogP contribution >= 0.6 is 0 Å². The van der Waals surface area contributed by atoms with Crippen LogP contribution in [0.15, 0.2) is 0 Å². The van der Waals surface area contributed by atoms with Gasteiger partial charge in [0.05, 0.1) is 6.07 Å². The summed E-state index contributed by atoms with van der Waals surface area (Å²) in [4.78, 5) is 13.0. The number of carbonyl (C=O) groups is 1. The second-order valence-electron chi connectivity index (χ2n) is 6.31. The molecule has 2 aliphatic rings. The van der Waals surface area contributed by atoms with Gasteiger partial charge in [0, 0.05) is 13.1 Å². The largest absolute Gasteiger partial charge is 0.404 e. The van der Waals surface area contributed by atoms with E-state index in [9.17, 15) is 36.4 Å². The van der Waals surface area contributed by atoms with Crippen molar-refractivity contribution in [3.05, 3.63) is 0 Å². The molecule has 1 saturated heterocycles. The molecule has 2 fully saturated rings. The highest BCUT2D eigenvalue weighted by atomic mass is 19.4. The average molecular weight is 342 g/mol. The molecular weight excluding hydrogens is 326 g/mol. The third kappa shape index (κ3) is 2.76. The van der Waals surface area contributed by atoms with Gasteiger partial charge in [0.15, 0.2) is 5.41 Å². The number of amides is 1. The van der Waals surface area contributed by atoms with E-state index in [2.05, 4.69) is 0 Å². The molecule has 9 heteroatoms. The zero-order valence-corrected chi connectivity index (χ0v) is 12.2. The van der Waals surface area contributed by atoms with Crippen LogP contribution in [0.3, 0.4) is 0 Å². The Labute approximate surface area is 129 Å². The molecule has 1 aliphatic carbocycles. The lowest BCUT2D eigenvalue weighted by atomic mass is 9.74. The minimum absolute atomic E-state index is 0.184. The smallest absolute Gasteiger partial charge is 0.340 e. The third-order valence-corrected chi connectivity index (χ3v) is 4.97. The van der Waals surface area contributed by atoms with Crippen LogP contribution in [0.5, 0.6) is 0 Å². The van der Waals surface area contributed by atoms with Crippen molar-refractivity contribution in [2.24, 2.45) is 10.8 Å². The fourth-order valence-electron chi connectivity index (χ4n) is 3.44. The number of carbonyl (C=O) groups excluding carboxylic acids is 1. The van der Waals surface area contributed by atoms with Gasteiger partial charge in [-0.15, -0.1) is 0 Å². The van der Waals surface area contributed by atoms with Crippen LogP contribution < -0.4 is 0 Å². The highest BCUT2D eigenvalue weighted by Crippen LogP contribution is 2.56. The molecule has 0 atom stereocenters. The molecule has 1 aliphatic heterocycles. The molecule has 0 spiro atoms. The Morgan fingerprint density at radius 1 is 0.957 bits per heavy atom. The standard InChI is InChI=1S/C14H16F6N2O/c15-13(16,17)12(14(18,19)20)6-7-22(9-12)10(23)11(8-21)4-2-1-3-5-11/h1-7,9H2. The van der Waals surface area contributed by atoms with Gasteiger partial charge < -0.3 is 4.90 Å². The third-order valence-electron chi connectivity index (χ3n) is 4.97. The number of hydrogen-bond acceptors (Lipinski definition) is 2. The van der Waals surface area contributed by atoms with Crippen molar-refractivity contribution in [2.45, 2.75) is 50.9 Å². The molecule has 0 aromatic rings. The van der Waals surface area contributed by atoms with E-state index in [-0.39, 0.29) is 12.8 Å². The lowest BCUT2D eigenvalue weighted by Gasteiger charge is -2.36. The molecular formula is C14H16F6N2O. The fraction of sp³-hybridized carbons (Fsp3) is 0.857. The number of nitrogens with zero attached hydrogens (tertiary/aromatic N) is 2.